The Hall–Kier alpha value is -3.63. The van der Waals surface area contributed by atoms with E-state index in [0.717, 1.165) is 4.90 Å². The van der Waals surface area contributed by atoms with Crippen molar-refractivity contribution in [3.63, 3.8) is 0 Å². The van der Waals surface area contributed by atoms with E-state index in [-0.39, 0.29) is 35.9 Å². The average Bonchev–Trinajstić information content (AvgIpc) is 3.35. The summed E-state index contributed by atoms with van der Waals surface area (Å²) >= 11 is 2.45. The number of aliphatic hydroxyl groups excluding tert-OH is 1. The van der Waals surface area contributed by atoms with Crippen LogP contribution in [0.5, 0.6) is 0 Å². The van der Waals surface area contributed by atoms with Crippen molar-refractivity contribution in [2.24, 2.45) is 11.1 Å². The number of hydrogen-bond acceptors (Lipinski definition) is 13. The highest BCUT2D eigenvalue weighted by atomic mass is 32.2. The van der Waals surface area contributed by atoms with Gasteiger partial charge in [0, 0.05) is 16.7 Å². The van der Waals surface area contributed by atoms with E-state index in [1.807, 2.05) is 6.92 Å². The molecule has 3 rings (SSSR count). The molecule has 0 saturated carbocycles. The molecule has 3 amide bonds. The van der Waals surface area contributed by atoms with Gasteiger partial charge in [-0.3, -0.25) is 19.3 Å². The number of β-lactam (4-membered cyclic amide) rings is 1. The standard InChI is InChI=1S/C24H31N5O9S2/c1-5-6-13(14-9-40-23(27-14)26-10-30)17(31)28-15-18(32)29-16(12(7-36-22(25)35)8-39-19(15)29)20(33)37-11-38-21(34)24(2,3)4/h6,9,15,19,30H,5,7-8,10-11H2,1-4H3,(H2,25,35)(H,26,27)(H,28,31)/b13-6-/t15-,19-/m1/s1. The van der Waals surface area contributed by atoms with Crippen LogP contribution in [-0.2, 0) is 33.4 Å². The molecular formula is C24H31N5O9S2. The van der Waals surface area contributed by atoms with E-state index >= 15 is 0 Å². The first kappa shape index (κ1) is 30.9. The van der Waals surface area contributed by atoms with Crippen molar-refractivity contribution in [3.8, 4) is 0 Å². The Balaban J connectivity index is 1.76. The number of thiazole rings is 1. The smallest absolute Gasteiger partial charge is 0.404 e. The minimum absolute atomic E-state index is 0.167. The number of fused-ring (bicyclic) bond motifs is 1. The van der Waals surface area contributed by atoms with Gasteiger partial charge in [-0.25, -0.2) is 14.6 Å². The molecule has 1 fully saturated rings. The quantitative estimate of drug-likeness (QED) is 0.123. The number of primary amides is 1. The second-order valence-electron chi connectivity index (χ2n) is 9.55. The van der Waals surface area contributed by atoms with Crippen LogP contribution in [0.2, 0.25) is 0 Å². The SMILES string of the molecule is CC/C=C(\C(=O)N[C@@H]1C(=O)N2C(C(=O)OCOC(=O)C(C)(C)C)=C(COC(N)=O)CS[C@H]12)c1csc(NCO)n1. The fourth-order valence-corrected chi connectivity index (χ4v) is 5.67. The number of nitrogens with zero attached hydrogens (tertiary/aromatic N) is 2. The van der Waals surface area contributed by atoms with Gasteiger partial charge in [0.25, 0.3) is 11.8 Å². The average molecular weight is 598 g/mol. The number of aliphatic hydroxyl groups is 1. The Kier molecular flexibility index (Phi) is 10.2. The zero-order valence-electron chi connectivity index (χ0n) is 22.3. The Bertz CT molecular complexity index is 1240. The van der Waals surface area contributed by atoms with Gasteiger partial charge in [0.15, 0.2) is 5.13 Å². The Labute approximate surface area is 238 Å². The largest absolute Gasteiger partial charge is 0.445 e. The summed E-state index contributed by atoms with van der Waals surface area (Å²) in [5.74, 6) is -2.52. The number of nitrogens with two attached hydrogens (primary N) is 1. The lowest BCUT2D eigenvalue weighted by Crippen LogP contribution is -2.70. The van der Waals surface area contributed by atoms with Crippen molar-refractivity contribution in [1.82, 2.24) is 15.2 Å². The first-order valence-electron chi connectivity index (χ1n) is 12.1. The summed E-state index contributed by atoms with van der Waals surface area (Å²) in [5.41, 5.74) is 4.97. The van der Waals surface area contributed by atoms with Gasteiger partial charge in [0.05, 0.1) is 16.7 Å². The second-order valence-corrected chi connectivity index (χ2v) is 11.5. The fourth-order valence-electron chi connectivity index (χ4n) is 3.65. The number of aromatic nitrogens is 1. The van der Waals surface area contributed by atoms with Gasteiger partial charge < -0.3 is 35.7 Å². The van der Waals surface area contributed by atoms with E-state index in [1.54, 1.807) is 32.2 Å². The van der Waals surface area contributed by atoms with E-state index in [0.29, 0.717) is 17.2 Å². The molecule has 2 atom stereocenters. The summed E-state index contributed by atoms with van der Waals surface area (Å²) in [6, 6.07) is -0.966. The molecule has 0 unspecified atom stereocenters. The number of carbonyl (C=O) groups excluding carboxylic acids is 5. The fraction of sp³-hybridized carbons (Fsp3) is 0.500. The maximum absolute atomic E-state index is 13.2. The monoisotopic (exact) mass is 597 g/mol. The zero-order valence-corrected chi connectivity index (χ0v) is 24.0. The van der Waals surface area contributed by atoms with Crippen molar-refractivity contribution in [3.05, 3.63) is 28.4 Å². The van der Waals surface area contributed by atoms with Gasteiger partial charge in [-0.05, 0) is 27.2 Å². The third-order valence-corrected chi connectivity index (χ3v) is 7.71. The Morgan fingerprint density at radius 1 is 1.25 bits per heavy atom. The number of anilines is 1. The van der Waals surface area contributed by atoms with Gasteiger partial charge in [-0.2, -0.15) is 0 Å². The lowest BCUT2D eigenvalue weighted by atomic mass is 9.98. The molecule has 0 radical (unpaired) electrons. The van der Waals surface area contributed by atoms with Crippen molar-refractivity contribution < 1.29 is 43.3 Å². The molecule has 1 aromatic rings. The van der Waals surface area contributed by atoms with Crippen LogP contribution in [0.15, 0.2) is 22.7 Å². The molecule has 218 valence electrons. The number of esters is 2. The van der Waals surface area contributed by atoms with Crippen LogP contribution in [0.25, 0.3) is 5.57 Å². The van der Waals surface area contributed by atoms with Crippen LogP contribution in [-0.4, -0.2) is 82.1 Å². The first-order valence-corrected chi connectivity index (χ1v) is 14.1. The van der Waals surface area contributed by atoms with Crippen LogP contribution >= 0.6 is 23.1 Å². The maximum Gasteiger partial charge on any atom is 0.404 e. The molecule has 14 nitrogen and oxygen atoms in total. The molecule has 5 N–H and O–H groups in total. The predicted molar refractivity (Wildman–Crippen MR) is 145 cm³/mol. The highest BCUT2D eigenvalue weighted by Crippen LogP contribution is 2.41. The molecule has 2 aliphatic rings. The van der Waals surface area contributed by atoms with E-state index in [1.165, 1.54) is 23.1 Å². The number of amides is 3. The second kappa shape index (κ2) is 13.1. The summed E-state index contributed by atoms with van der Waals surface area (Å²) in [4.78, 5) is 68.0. The molecule has 2 aliphatic heterocycles. The summed E-state index contributed by atoms with van der Waals surface area (Å²) in [6.07, 6.45) is 1.12. The normalized spacial score (nSPS) is 18.9. The number of rotatable bonds is 11. The van der Waals surface area contributed by atoms with Crippen molar-refractivity contribution in [2.75, 3.05) is 31.2 Å². The molecular weight excluding hydrogens is 566 g/mol. The molecule has 0 bridgehead atoms. The molecule has 1 aromatic heterocycles. The van der Waals surface area contributed by atoms with Crippen LogP contribution in [0.1, 0.15) is 39.8 Å². The molecule has 16 heteroatoms. The van der Waals surface area contributed by atoms with Gasteiger partial charge in [-0.15, -0.1) is 23.1 Å². The number of ether oxygens (including phenoxy) is 3. The van der Waals surface area contributed by atoms with Crippen molar-refractivity contribution in [2.45, 2.75) is 45.5 Å². The number of allylic oxidation sites excluding steroid dienone is 1. The lowest BCUT2D eigenvalue weighted by molar-refractivity contribution is -0.173. The molecule has 40 heavy (non-hydrogen) atoms. The maximum atomic E-state index is 13.2. The van der Waals surface area contributed by atoms with Crippen LogP contribution in [0, 0.1) is 5.41 Å². The summed E-state index contributed by atoms with van der Waals surface area (Å²) in [7, 11) is 0. The highest BCUT2D eigenvalue weighted by molar-refractivity contribution is 8.00. The third-order valence-electron chi connectivity index (χ3n) is 5.57. The zero-order chi connectivity index (χ0) is 29.6. The highest BCUT2D eigenvalue weighted by Gasteiger charge is 2.54. The van der Waals surface area contributed by atoms with Gasteiger partial charge in [-0.1, -0.05) is 13.0 Å². The Morgan fingerprint density at radius 3 is 2.60 bits per heavy atom. The van der Waals surface area contributed by atoms with Crippen molar-refractivity contribution >= 4 is 63.6 Å². The molecule has 0 spiro atoms. The number of nitrogens with one attached hydrogen (secondary N) is 2. The lowest BCUT2D eigenvalue weighted by Gasteiger charge is -2.49. The summed E-state index contributed by atoms with van der Waals surface area (Å²) in [5, 5.41) is 15.8. The number of thioether (sulfide) groups is 1. The molecule has 1 saturated heterocycles. The Morgan fingerprint density at radius 2 is 1.98 bits per heavy atom. The van der Waals surface area contributed by atoms with Crippen molar-refractivity contribution in [1.29, 1.82) is 0 Å². The summed E-state index contributed by atoms with van der Waals surface area (Å²) < 4.78 is 14.9. The predicted octanol–water partition coefficient (Wildman–Crippen LogP) is 1.14. The topological polar surface area (TPSA) is 199 Å². The van der Waals surface area contributed by atoms with E-state index in [4.69, 9.17) is 25.1 Å². The van der Waals surface area contributed by atoms with Crippen LogP contribution in [0.3, 0.4) is 0 Å². The minimum atomic E-state index is -1.07. The first-order chi connectivity index (χ1) is 18.9. The summed E-state index contributed by atoms with van der Waals surface area (Å²) in [6.45, 7) is 5.38. The van der Waals surface area contributed by atoms with Crippen LogP contribution in [0.4, 0.5) is 9.93 Å². The molecule has 0 aromatic carbocycles. The van der Waals surface area contributed by atoms with Crippen LogP contribution < -0.4 is 16.4 Å². The molecule has 0 aliphatic carbocycles. The number of hydrogen-bond donors (Lipinski definition) is 4. The van der Waals surface area contributed by atoms with E-state index in [9.17, 15) is 24.0 Å². The molecule has 3 heterocycles. The van der Waals surface area contributed by atoms with E-state index < -0.39 is 53.5 Å². The van der Waals surface area contributed by atoms with Gasteiger partial charge in [0.1, 0.15) is 30.5 Å². The van der Waals surface area contributed by atoms with Gasteiger partial charge >= 0.3 is 18.0 Å². The third kappa shape index (κ3) is 7.11. The minimum Gasteiger partial charge on any atom is -0.445 e. The van der Waals surface area contributed by atoms with E-state index in [2.05, 4.69) is 15.6 Å². The number of carbonyl (C=O) groups is 5. The van der Waals surface area contributed by atoms with Gasteiger partial charge in [0.2, 0.25) is 6.79 Å².